The van der Waals surface area contributed by atoms with Gasteiger partial charge >= 0.3 is 0 Å². The Hall–Kier alpha value is -2.35. The van der Waals surface area contributed by atoms with Gasteiger partial charge in [0, 0.05) is 24.4 Å². The average molecular weight is 498 g/mol. The number of amides is 3. The first-order chi connectivity index (χ1) is 15.6. The Kier molecular flexibility index (Phi) is 6.72. The first-order valence-electron chi connectivity index (χ1n) is 11.5. The molecule has 0 radical (unpaired) electrons. The average Bonchev–Trinajstić information content (AvgIpc) is 3.08. The fourth-order valence-corrected chi connectivity index (χ4v) is 6.56. The monoisotopic (exact) mass is 497 g/mol. The summed E-state index contributed by atoms with van der Waals surface area (Å²) in [4.78, 5) is 39.3. The first-order valence-corrected chi connectivity index (χ1v) is 11.9. The van der Waals surface area contributed by atoms with Gasteiger partial charge in [-0.1, -0.05) is 46.8 Å². The summed E-state index contributed by atoms with van der Waals surface area (Å²) in [7, 11) is 0. The summed E-state index contributed by atoms with van der Waals surface area (Å²) < 4.78 is 26.3. The molecule has 0 spiro atoms. The van der Waals surface area contributed by atoms with Gasteiger partial charge < -0.3 is 21.3 Å². The lowest BCUT2D eigenvalue weighted by Gasteiger charge is -2.40. The van der Waals surface area contributed by atoms with E-state index in [-0.39, 0.29) is 30.7 Å². The number of carbonyl (C=O) groups is 3. The second-order valence-corrected chi connectivity index (χ2v) is 11.7. The second-order valence-electron chi connectivity index (χ2n) is 11.3. The molecule has 2 aliphatic heterocycles. The molecule has 3 fully saturated rings. The van der Waals surface area contributed by atoms with Gasteiger partial charge in [0.1, 0.15) is 17.1 Å². The van der Waals surface area contributed by atoms with E-state index in [2.05, 4.69) is 16.7 Å². The maximum atomic E-state index is 13.7. The number of halogens is 2. The summed E-state index contributed by atoms with van der Waals surface area (Å²) in [5, 5.41) is 15.4. The highest BCUT2D eigenvalue weighted by Crippen LogP contribution is 2.78. The number of thiocarbonyl (C=S) groups is 1. The standard InChI is InChI=1S/C23H33F2N5O3S/c1-21(2,3)14(29-19(34)16(24)25)20(33)30-10-13-22(4,5)23(13,15(30)17(27)31)12(9-26)8-11-6-7-28-18(11)32/h11-16H,6-8,10H2,1-5H3,(H2,27,31)(H,28,32)(H,29,34)/t11-,12-,13?,14-,15?,23?/m1/s1. The lowest BCUT2D eigenvalue weighted by molar-refractivity contribution is -0.144. The molecule has 3 amide bonds. The number of piperidine rings is 1. The third-order valence-electron chi connectivity index (χ3n) is 8.19. The highest BCUT2D eigenvalue weighted by atomic mass is 32.1. The van der Waals surface area contributed by atoms with E-state index in [1.165, 1.54) is 4.90 Å². The number of nitrogens with zero attached hydrogens (tertiary/aromatic N) is 2. The predicted molar refractivity (Wildman–Crippen MR) is 124 cm³/mol. The van der Waals surface area contributed by atoms with Crippen molar-refractivity contribution in [3.8, 4) is 6.07 Å². The summed E-state index contributed by atoms with van der Waals surface area (Å²) >= 11 is 4.74. The number of alkyl halides is 2. The molecule has 1 saturated carbocycles. The van der Waals surface area contributed by atoms with Crippen LogP contribution < -0.4 is 16.4 Å². The lowest BCUT2D eigenvalue weighted by atomic mass is 9.73. The van der Waals surface area contributed by atoms with Crippen molar-refractivity contribution in [3.63, 3.8) is 0 Å². The number of nitriles is 1. The highest BCUT2D eigenvalue weighted by Gasteiger charge is 2.83. The molecule has 2 heterocycles. The molecule has 6 atom stereocenters. The lowest BCUT2D eigenvalue weighted by Crippen LogP contribution is -2.61. The van der Waals surface area contributed by atoms with E-state index in [4.69, 9.17) is 18.0 Å². The Morgan fingerprint density at radius 1 is 1.38 bits per heavy atom. The number of rotatable bonds is 7. The Bertz CT molecular complexity index is 944. The number of primary amides is 1. The number of likely N-dealkylation sites (tertiary alicyclic amines) is 1. The van der Waals surface area contributed by atoms with Crippen molar-refractivity contribution < 1.29 is 23.2 Å². The Morgan fingerprint density at radius 2 is 2.00 bits per heavy atom. The molecule has 0 aromatic heterocycles. The maximum Gasteiger partial charge on any atom is 0.288 e. The fraction of sp³-hybridized carbons (Fsp3) is 0.783. The SMILES string of the molecule is CC(C)(C)[C@H](NC(=S)C(F)F)C(=O)N1CC2C(C)(C)C2([C@@H](C#N)C[C@H]2CCNC2=O)C1C(N)=O. The zero-order valence-corrected chi connectivity index (χ0v) is 21.0. The van der Waals surface area contributed by atoms with Gasteiger partial charge in [-0.3, -0.25) is 14.4 Å². The van der Waals surface area contributed by atoms with Gasteiger partial charge in [0.2, 0.25) is 17.7 Å². The van der Waals surface area contributed by atoms with Crippen molar-refractivity contribution in [2.75, 3.05) is 13.1 Å². The van der Waals surface area contributed by atoms with Gasteiger partial charge in [-0.15, -0.1) is 0 Å². The van der Waals surface area contributed by atoms with Crippen LogP contribution in [0.4, 0.5) is 8.78 Å². The molecule has 0 aromatic carbocycles. The van der Waals surface area contributed by atoms with Crippen molar-refractivity contribution in [1.29, 1.82) is 5.26 Å². The number of nitrogens with one attached hydrogen (secondary N) is 2. The molecule has 0 bridgehead atoms. The van der Waals surface area contributed by atoms with Crippen LogP contribution in [0, 0.1) is 45.3 Å². The number of hydrogen-bond donors (Lipinski definition) is 3. The molecule has 3 unspecified atom stereocenters. The molecule has 188 valence electrons. The van der Waals surface area contributed by atoms with E-state index in [0.29, 0.717) is 13.0 Å². The smallest absolute Gasteiger partial charge is 0.288 e. The topological polar surface area (TPSA) is 128 Å². The molecule has 8 nitrogen and oxygen atoms in total. The van der Waals surface area contributed by atoms with Crippen molar-refractivity contribution in [2.45, 2.75) is 66.0 Å². The summed E-state index contributed by atoms with van der Waals surface area (Å²) in [6.07, 6.45) is -2.06. The molecule has 2 saturated heterocycles. The number of hydrogen-bond acceptors (Lipinski definition) is 5. The quantitative estimate of drug-likeness (QED) is 0.458. The van der Waals surface area contributed by atoms with Gasteiger partial charge in [0.05, 0.1) is 12.0 Å². The second kappa shape index (κ2) is 8.70. The van der Waals surface area contributed by atoms with Crippen LogP contribution in [0.5, 0.6) is 0 Å². The first kappa shape index (κ1) is 26.3. The molecule has 3 aliphatic rings. The Labute approximate surface area is 204 Å². The van der Waals surface area contributed by atoms with Gasteiger partial charge in [-0.2, -0.15) is 5.26 Å². The van der Waals surface area contributed by atoms with Crippen LogP contribution in [0.2, 0.25) is 0 Å². The Balaban J connectivity index is 1.98. The molecule has 11 heteroatoms. The van der Waals surface area contributed by atoms with E-state index in [0.717, 1.165) is 0 Å². The minimum atomic E-state index is -2.93. The normalized spacial score (nSPS) is 31.3. The molecular weight excluding hydrogens is 464 g/mol. The van der Waals surface area contributed by atoms with Crippen LogP contribution in [-0.4, -0.2) is 59.2 Å². The van der Waals surface area contributed by atoms with Gasteiger partial charge in [0.25, 0.3) is 6.43 Å². The summed E-state index contributed by atoms with van der Waals surface area (Å²) in [5.41, 5.74) is 3.66. The van der Waals surface area contributed by atoms with E-state index in [1.807, 2.05) is 13.8 Å². The molecule has 0 aromatic rings. The van der Waals surface area contributed by atoms with Crippen molar-refractivity contribution in [3.05, 3.63) is 0 Å². The van der Waals surface area contributed by atoms with Crippen molar-refractivity contribution in [1.82, 2.24) is 15.5 Å². The molecule has 4 N–H and O–H groups in total. The maximum absolute atomic E-state index is 13.7. The fourth-order valence-electron chi connectivity index (χ4n) is 6.44. The molecule has 34 heavy (non-hydrogen) atoms. The summed E-state index contributed by atoms with van der Waals surface area (Å²) in [6, 6.07) is 0.106. The van der Waals surface area contributed by atoms with Crippen LogP contribution >= 0.6 is 12.2 Å². The number of fused-ring (bicyclic) bond motifs is 1. The van der Waals surface area contributed by atoms with Crippen LogP contribution in [0.15, 0.2) is 0 Å². The van der Waals surface area contributed by atoms with E-state index < -0.39 is 57.5 Å². The van der Waals surface area contributed by atoms with Gasteiger partial charge in [0.15, 0.2) is 0 Å². The minimum Gasteiger partial charge on any atom is -0.368 e. The summed E-state index contributed by atoms with van der Waals surface area (Å²) in [5.74, 6) is -2.65. The van der Waals surface area contributed by atoms with Crippen molar-refractivity contribution in [2.24, 2.45) is 39.7 Å². The third kappa shape index (κ3) is 3.93. The zero-order valence-electron chi connectivity index (χ0n) is 20.2. The number of nitrogens with two attached hydrogens (primary N) is 1. The third-order valence-corrected chi connectivity index (χ3v) is 8.49. The molecular formula is C23H33F2N5O3S. The van der Waals surface area contributed by atoms with E-state index in [9.17, 15) is 28.4 Å². The highest BCUT2D eigenvalue weighted by molar-refractivity contribution is 7.80. The van der Waals surface area contributed by atoms with Crippen LogP contribution in [0.3, 0.4) is 0 Å². The Morgan fingerprint density at radius 3 is 2.44 bits per heavy atom. The van der Waals surface area contributed by atoms with E-state index in [1.54, 1.807) is 20.8 Å². The zero-order chi connectivity index (χ0) is 25.8. The van der Waals surface area contributed by atoms with Gasteiger partial charge in [-0.25, -0.2) is 8.78 Å². The number of carbonyl (C=O) groups excluding carboxylic acids is 3. The summed E-state index contributed by atoms with van der Waals surface area (Å²) in [6.45, 7) is 9.73. The van der Waals surface area contributed by atoms with Crippen molar-refractivity contribution >= 4 is 34.9 Å². The minimum absolute atomic E-state index is 0.120. The largest absolute Gasteiger partial charge is 0.368 e. The molecule has 3 rings (SSSR count). The van der Waals surface area contributed by atoms with Crippen LogP contribution in [-0.2, 0) is 14.4 Å². The molecule has 1 aliphatic carbocycles. The van der Waals surface area contributed by atoms with Crippen LogP contribution in [0.1, 0.15) is 47.5 Å². The van der Waals surface area contributed by atoms with Gasteiger partial charge in [-0.05, 0) is 29.6 Å². The van der Waals surface area contributed by atoms with E-state index >= 15 is 0 Å². The predicted octanol–water partition coefficient (Wildman–Crippen LogP) is 1.59. The van der Waals surface area contributed by atoms with Crippen LogP contribution in [0.25, 0.3) is 0 Å².